The van der Waals surface area contributed by atoms with Crippen molar-refractivity contribution in [3.8, 4) is 17.6 Å². The van der Waals surface area contributed by atoms with E-state index >= 15 is 0 Å². The summed E-state index contributed by atoms with van der Waals surface area (Å²) in [6.45, 7) is 4.13. The molecule has 1 atom stereocenters. The van der Waals surface area contributed by atoms with Crippen LogP contribution in [0, 0.1) is 11.8 Å². The Morgan fingerprint density at radius 3 is 2.53 bits per heavy atom. The molecule has 1 rings (SSSR count). The zero-order chi connectivity index (χ0) is 12.7. The Morgan fingerprint density at radius 2 is 2.00 bits per heavy atom. The Hall–Kier alpha value is -1.72. The van der Waals surface area contributed by atoms with Crippen LogP contribution in [-0.4, -0.2) is 17.7 Å². The highest BCUT2D eigenvalue weighted by atomic mass is 16.3. The van der Waals surface area contributed by atoms with E-state index in [-0.39, 0.29) is 11.3 Å². The van der Waals surface area contributed by atoms with Crippen LogP contribution in [0.2, 0.25) is 0 Å². The molecule has 0 fully saturated rings. The summed E-state index contributed by atoms with van der Waals surface area (Å²) in [5.41, 5.74) is 0.586. The maximum atomic E-state index is 9.18. The molecule has 2 nitrogen and oxygen atoms in total. The number of hydrogen-bond acceptors (Lipinski definition) is 2. The number of hydrogen-bond donors (Lipinski definition) is 2. The van der Waals surface area contributed by atoms with Crippen LogP contribution < -0.4 is 5.32 Å². The molecule has 1 aromatic rings. The van der Waals surface area contributed by atoms with Crippen LogP contribution in [0.25, 0.3) is 0 Å². The first-order valence-electron chi connectivity index (χ1n) is 5.78. The number of rotatable bonds is 3. The van der Waals surface area contributed by atoms with E-state index in [9.17, 15) is 5.11 Å². The van der Waals surface area contributed by atoms with Crippen LogP contribution in [0.5, 0.6) is 5.75 Å². The van der Waals surface area contributed by atoms with Crippen LogP contribution in [0.4, 0.5) is 0 Å². The minimum absolute atomic E-state index is 0.262. The molecule has 0 amide bonds. The van der Waals surface area contributed by atoms with Crippen LogP contribution in [0.1, 0.15) is 25.8 Å². The van der Waals surface area contributed by atoms with Gasteiger partial charge in [-0.2, -0.15) is 0 Å². The number of likely N-dealkylation sites (N-methyl/N-ethyl adjacent to an activating group) is 1. The highest BCUT2D eigenvalue weighted by Crippen LogP contribution is 2.09. The van der Waals surface area contributed by atoms with Crippen LogP contribution in [-0.2, 0) is 0 Å². The lowest BCUT2D eigenvalue weighted by Crippen LogP contribution is -2.35. The molecule has 2 N–H and O–H groups in total. The van der Waals surface area contributed by atoms with E-state index in [4.69, 9.17) is 0 Å². The van der Waals surface area contributed by atoms with Crippen LogP contribution in [0.3, 0.4) is 0 Å². The van der Waals surface area contributed by atoms with Crippen molar-refractivity contribution in [1.82, 2.24) is 5.32 Å². The van der Waals surface area contributed by atoms with Gasteiger partial charge in [-0.15, -0.1) is 0 Å². The zero-order valence-corrected chi connectivity index (χ0v) is 10.6. The highest BCUT2D eigenvalue weighted by molar-refractivity contribution is 5.40. The largest absolute Gasteiger partial charge is 0.508 e. The number of phenols is 1. The van der Waals surface area contributed by atoms with E-state index in [2.05, 4.69) is 36.2 Å². The molecule has 0 aliphatic rings. The topological polar surface area (TPSA) is 32.3 Å². The minimum atomic E-state index is -0.312. The molecule has 90 valence electrons. The standard InChI is InChI=1S/C15H19NO/c1-4-5-11-15(2,16-3)12-10-13-6-8-14(17)9-7-13/h5-9,11,16-17H,4H2,1-3H3/b11-5-. The fraction of sp³-hybridized carbons (Fsp3) is 0.333. The summed E-state index contributed by atoms with van der Waals surface area (Å²) >= 11 is 0. The summed E-state index contributed by atoms with van der Waals surface area (Å²) in [5.74, 6) is 6.55. The maximum absolute atomic E-state index is 9.18. The Morgan fingerprint density at radius 1 is 1.35 bits per heavy atom. The van der Waals surface area contributed by atoms with E-state index < -0.39 is 0 Å². The fourth-order valence-electron chi connectivity index (χ4n) is 1.29. The molecule has 1 unspecified atom stereocenters. The lowest BCUT2D eigenvalue weighted by Gasteiger charge is -2.17. The van der Waals surface area contributed by atoms with Crippen molar-refractivity contribution in [3.05, 3.63) is 42.0 Å². The third-order valence-electron chi connectivity index (χ3n) is 2.54. The number of aromatic hydroxyl groups is 1. The average Bonchev–Trinajstić information content (AvgIpc) is 2.36. The SMILES string of the molecule is CC/C=C\C(C)(C#Cc1ccc(O)cc1)NC. The monoisotopic (exact) mass is 229 g/mol. The second-order valence-corrected chi connectivity index (χ2v) is 4.06. The van der Waals surface area contributed by atoms with Gasteiger partial charge in [0.05, 0.1) is 5.54 Å². The van der Waals surface area contributed by atoms with Gasteiger partial charge >= 0.3 is 0 Å². The number of phenolic OH excluding ortho intramolecular Hbond substituents is 1. The number of benzene rings is 1. The van der Waals surface area contributed by atoms with Crippen molar-refractivity contribution in [2.24, 2.45) is 0 Å². The summed E-state index contributed by atoms with van der Waals surface area (Å²) in [6, 6.07) is 6.90. The van der Waals surface area contributed by atoms with Gasteiger partial charge < -0.3 is 10.4 Å². The first-order chi connectivity index (χ1) is 8.09. The molecule has 0 radical (unpaired) electrons. The number of allylic oxidation sites excluding steroid dienone is 1. The van der Waals surface area contributed by atoms with Gasteiger partial charge in [0, 0.05) is 5.56 Å². The van der Waals surface area contributed by atoms with Crippen molar-refractivity contribution in [1.29, 1.82) is 0 Å². The van der Waals surface area contributed by atoms with Crippen molar-refractivity contribution in [2.75, 3.05) is 7.05 Å². The average molecular weight is 229 g/mol. The minimum Gasteiger partial charge on any atom is -0.508 e. The molecule has 17 heavy (non-hydrogen) atoms. The van der Waals surface area contributed by atoms with E-state index in [1.165, 1.54) is 0 Å². The van der Waals surface area contributed by atoms with Gasteiger partial charge in [0.15, 0.2) is 0 Å². The van der Waals surface area contributed by atoms with Gasteiger partial charge in [0.25, 0.3) is 0 Å². The van der Waals surface area contributed by atoms with Gasteiger partial charge in [-0.3, -0.25) is 0 Å². The second-order valence-electron chi connectivity index (χ2n) is 4.06. The summed E-state index contributed by atoms with van der Waals surface area (Å²) < 4.78 is 0. The molecule has 0 aromatic heterocycles. The summed E-state index contributed by atoms with van der Waals surface area (Å²) in [4.78, 5) is 0. The van der Waals surface area contributed by atoms with E-state index in [0.717, 1.165) is 12.0 Å². The van der Waals surface area contributed by atoms with Crippen molar-refractivity contribution in [2.45, 2.75) is 25.8 Å². The van der Waals surface area contributed by atoms with Crippen molar-refractivity contribution in [3.63, 3.8) is 0 Å². The lowest BCUT2D eigenvalue weighted by atomic mass is 10.0. The molecule has 0 saturated carbocycles. The summed E-state index contributed by atoms with van der Waals surface area (Å²) in [7, 11) is 1.89. The summed E-state index contributed by atoms with van der Waals surface area (Å²) in [5, 5.41) is 12.4. The Bertz CT molecular complexity index is 436. The molecule has 2 heteroatoms. The molecule has 0 heterocycles. The normalized spacial score (nSPS) is 14.1. The smallest absolute Gasteiger partial charge is 0.115 e. The van der Waals surface area contributed by atoms with Gasteiger partial charge in [-0.1, -0.05) is 30.9 Å². The lowest BCUT2D eigenvalue weighted by molar-refractivity contribution is 0.475. The van der Waals surface area contributed by atoms with E-state index in [1.54, 1.807) is 12.1 Å². The predicted octanol–water partition coefficient (Wildman–Crippen LogP) is 2.69. The molecule has 0 saturated heterocycles. The Kier molecular flexibility index (Phi) is 4.81. The molecular formula is C15H19NO. The Balaban J connectivity index is 2.88. The first kappa shape index (κ1) is 13.3. The predicted molar refractivity (Wildman–Crippen MR) is 71.9 cm³/mol. The van der Waals surface area contributed by atoms with E-state index in [0.29, 0.717) is 0 Å². The molecule has 0 aliphatic carbocycles. The fourth-order valence-corrected chi connectivity index (χ4v) is 1.29. The molecule has 0 aliphatic heterocycles. The van der Waals surface area contributed by atoms with E-state index in [1.807, 2.05) is 26.1 Å². The number of nitrogens with one attached hydrogen (secondary N) is 1. The van der Waals surface area contributed by atoms with Crippen molar-refractivity contribution >= 4 is 0 Å². The first-order valence-corrected chi connectivity index (χ1v) is 5.78. The molecular weight excluding hydrogens is 210 g/mol. The van der Waals surface area contributed by atoms with Crippen molar-refractivity contribution < 1.29 is 5.11 Å². The highest BCUT2D eigenvalue weighted by Gasteiger charge is 2.13. The molecule has 1 aromatic carbocycles. The zero-order valence-electron chi connectivity index (χ0n) is 10.6. The van der Waals surface area contributed by atoms with Gasteiger partial charge in [-0.25, -0.2) is 0 Å². The molecule has 0 spiro atoms. The Labute approximate surface area is 103 Å². The van der Waals surface area contributed by atoms with Gasteiger partial charge in [0.1, 0.15) is 5.75 Å². The van der Waals surface area contributed by atoms with Gasteiger partial charge in [0.2, 0.25) is 0 Å². The van der Waals surface area contributed by atoms with Crippen LogP contribution in [0.15, 0.2) is 36.4 Å². The third kappa shape index (κ3) is 4.34. The quantitative estimate of drug-likeness (QED) is 0.617. The summed E-state index contributed by atoms with van der Waals surface area (Å²) in [6.07, 6.45) is 5.17. The van der Waals surface area contributed by atoms with Crippen LogP contribution >= 0.6 is 0 Å². The third-order valence-corrected chi connectivity index (χ3v) is 2.54. The second kappa shape index (κ2) is 6.12. The molecule has 0 bridgehead atoms. The van der Waals surface area contributed by atoms with Gasteiger partial charge in [-0.05, 0) is 44.7 Å². The maximum Gasteiger partial charge on any atom is 0.115 e.